The maximum atomic E-state index is 12.9. The van der Waals surface area contributed by atoms with Crippen LogP contribution in [0.4, 0.5) is 0 Å². The largest absolute Gasteiger partial charge is 0.327 e. The predicted octanol–water partition coefficient (Wildman–Crippen LogP) is 2.67. The van der Waals surface area contributed by atoms with Crippen molar-refractivity contribution in [2.24, 2.45) is 0 Å². The highest BCUT2D eigenvalue weighted by atomic mass is 32.2. The van der Waals surface area contributed by atoms with Gasteiger partial charge in [-0.25, -0.2) is 0 Å². The number of hydrogen-bond donors (Lipinski definition) is 0. The van der Waals surface area contributed by atoms with Crippen LogP contribution in [0.25, 0.3) is 0 Å². The Bertz CT molecular complexity index is 750. The van der Waals surface area contributed by atoms with Crippen LogP contribution in [-0.4, -0.2) is 40.0 Å². The average molecular weight is 338 g/mol. The molecule has 4 nitrogen and oxygen atoms in total. The molecular weight excluding hydrogens is 320 g/mol. The normalized spacial score (nSPS) is 23.5. The first kappa shape index (κ1) is 15.3. The van der Waals surface area contributed by atoms with Gasteiger partial charge in [0.15, 0.2) is 0 Å². The zero-order chi connectivity index (χ0) is 16.5. The number of carbonyl (C=O) groups excluding carboxylic acids is 2. The molecule has 5 heteroatoms. The molecule has 2 aliphatic heterocycles. The molecule has 2 saturated heterocycles. The fourth-order valence-corrected chi connectivity index (χ4v) is 4.79. The minimum atomic E-state index is -0.342. The lowest BCUT2D eigenvalue weighted by Crippen LogP contribution is -2.58. The van der Waals surface area contributed by atoms with Gasteiger partial charge < -0.3 is 9.80 Å². The van der Waals surface area contributed by atoms with Crippen molar-refractivity contribution in [2.75, 3.05) is 12.3 Å². The van der Waals surface area contributed by atoms with Crippen molar-refractivity contribution >= 4 is 23.6 Å². The second-order valence-electron chi connectivity index (χ2n) is 6.09. The Labute approximate surface area is 145 Å². The lowest BCUT2D eigenvalue weighted by atomic mass is 10.1. The second kappa shape index (κ2) is 6.32. The Morgan fingerprint density at radius 1 is 0.958 bits per heavy atom. The molecule has 0 aliphatic carbocycles. The van der Waals surface area contributed by atoms with E-state index in [0.29, 0.717) is 12.3 Å². The molecule has 24 heavy (non-hydrogen) atoms. The summed E-state index contributed by atoms with van der Waals surface area (Å²) in [6.07, 6.45) is 0. The minimum Gasteiger partial charge on any atom is -0.327 e. The molecule has 122 valence electrons. The summed E-state index contributed by atoms with van der Waals surface area (Å²) >= 11 is 1.67. The third-order valence-corrected chi connectivity index (χ3v) is 5.84. The third-order valence-electron chi connectivity index (χ3n) is 4.51. The van der Waals surface area contributed by atoms with Crippen LogP contribution in [0.15, 0.2) is 60.7 Å². The topological polar surface area (TPSA) is 40.6 Å². The quantitative estimate of drug-likeness (QED) is 0.864. The monoisotopic (exact) mass is 338 g/mol. The van der Waals surface area contributed by atoms with Crippen molar-refractivity contribution in [2.45, 2.75) is 18.0 Å². The second-order valence-corrected chi connectivity index (χ2v) is 7.21. The summed E-state index contributed by atoms with van der Waals surface area (Å²) in [5, 5.41) is -0.0495. The van der Waals surface area contributed by atoms with E-state index in [2.05, 4.69) is 0 Å². The summed E-state index contributed by atoms with van der Waals surface area (Å²) < 4.78 is 0. The average Bonchev–Trinajstić information content (AvgIpc) is 3.07. The van der Waals surface area contributed by atoms with Crippen LogP contribution in [-0.2, 0) is 16.1 Å². The molecule has 0 saturated carbocycles. The number of amides is 2. The Morgan fingerprint density at radius 2 is 1.62 bits per heavy atom. The van der Waals surface area contributed by atoms with Gasteiger partial charge in [-0.05, 0) is 11.1 Å². The highest BCUT2D eigenvalue weighted by Gasteiger charge is 2.47. The van der Waals surface area contributed by atoms with Crippen LogP contribution >= 0.6 is 11.8 Å². The number of carbonyl (C=O) groups is 2. The zero-order valence-electron chi connectivity index (χ0n) is 13.2. The van der Waals surface area contributed by atoms with Crippen molar-refractivity contribution in [1.29, 1.82) is 0 Å². The summed E-state index contributed by atoms with van der Waals surface area (Å²) in [6.45, 7) is 0.657. The van der Waals surface area contributed by atoms with Gasteiger partial charge in [-0.15, -0.1) is 11.8 Å². The summed E-state index contributed by atoms with van der Waals surface area (Å²) in [6, 6.07) is 19.4. The molecule has 2 amide bonds. The van der Waals surface area contributed by atoms with Crippen LogP contribution < -0.4 is 0 Å². The Balaban J connectivity index is 1.55. The number of piperazine rings is 1. The first-order valence-corrected chi connectivity index (χ1v) is 9.09. The fourth-order valence-electron chi connectivity index (χ4n) is 3.35. The van der Waals surface area contributed by atoms with Gasteiger partial charge in [-0.2, -0.15) is 0 Å². The van der Waals surface area contributed by atoms with Crippen LogP contribution in [0.2, 0.25) is 0 Å². The van der Waals surface area contributed by atoms with Crippen molar-refractivity contribution in [3.63, 3.8) is 0 Å². The highest BCUT2D eigenvalue weighted by molar-refractivity contribution is 7.99. The van der Waals surface area contributed by atoms with Crippen molar-refractivity contribution in [1.82, 2.24) is 9.80 Å². The smallest absolute Gasteiger partial charge is 0.247 e. The Hall–Kier alpha value is -2.27. The lowest BCUT2D eigenvalue weighted by molar-refractivity contribution is -0.155. The summed E-state index contributed by atoms with van der Waals surface area (Å²) in [7, 11) is 0. The molecule has 2 aromatic carbocycles. The fraction of sp³-hybridized carbons (Fsp3) is 0.263. The van der Waals surface area contributed by atoms with Crippen LogP contribution in [0.3, 0.4) is 0 Å². The molecule has 2 atom stereocenters. The maximum Gasteiger partial charge on any atom is 0.247 e. The van der Waals surface area contributed by atoms with E-state index in [-0.39, 0.29) is 29.8 Å². The molecule has 2 aromatic rings. The van der Waals surface area contributed by atoms with E-state index >= 15 is 0 Å². The molecule has 0 aromatic heterocycles. The van der Waals surface area contributed by atoms with Crippen molar-refractivity contribution < 1.29 is 9.59 Å². The van der Waals surface area contributed by atoms with E-state index in [1.54, 1.807) is 21.6 Å². The summed E-state index contributed by atoms with van der Waals surface area (Å²) in [4.78, 5) is 29.0. The van der Waals surface area contributed by atoms with E-state index in [0.717, 1.165) is 11.1 Å². The molecule has 2 fully saturated rings. The summed E-state index contributed by atoms with van der Waals surface area (Å²) in [5.74, 6) is 0.758. The number of nitrogens with zero attached hydrogens (tertiary/aromatic N) is 2. The lowest BCUT2D eigenvalue weighted by Gasteiger charge is -2.38. The molecule has 0 radical (unpaired) electrons. The standard InChI is InChI=1S/C19H18N2O2S/c22-17-12-20(11-14-7-3-1-4-8-14)18(23)16-13-24-19(21(16)17)15-9-5-2-6-10-15/h1-10,16,19H,11-13H2/t16-,19-/m0/s1. The van der Waals surface area contributed by atoms with Gasteiger partial charge in [0.1, 0.15) is 18.0 Å². The third kappa shape index (κ3) is 2.69. The first-order chi connectivity index (χ1) is 11.7. The SMILES string of the molecule is O=C1[C@@H]2CS[C@@H](c3ccccc3)N2C(=O)CN1Cc1ccccc1. The highest BCUT2D eigenvalue weighted by Crippen LogP contribution is 2.43. The molecule has 4 rings (SSSR count). The molecule has 2 heterocycles. The molecule has 0 unspecified atom stereocenters. The van der Waals surface area contributed by atoms with Crippen molar-refractivity contribution in [3.05, 3.63) is 71.8 Å². The zero-order valence-corrected chi connectivity index (χ0v) is 14.0. The Morgan fingerprint density at radius 3 is 2.33 bits per heavy atom. The van der Waals surface area contributed by atoms with Crippen molar-refractivity contribution in [3.8, 4) is 0 Å². The predicted molar refractivity (Wildman–Crippen MR) is 94.1 cm³/mol. The summed E-state index contributed by atoms with van der Waals surface area (Å²) in [5.41, 5.74) is 2.14. The molecule has 0 N–H and O–H groups in total. The van der Waals surface area contributed by atoms with Crippen LogP contribution in [0.1, 0.15) is 16.5 Å². The number of benzene rings is 2. The first-order valence-electron chi connectivity index (χ1n) is 8.04. The number of fused-ring (bicyclic) bond motifs is 1. The number of rotatable bonds is 3. The van der Waals surface area contributed by atoms with E-state index in [1.807, 2.05) is 60.7 Å². The van der Waals surface area contributed by atoms with Crippen LogP contribution in [0.5, 0.6) is 0 Å². The molecule has 0 bridgehead atoms. The van der Waals surface area contributed by atoms with E-state index in [9.17, 15) is 9.59 Å². The van der Waals surface area contributed by atoms with Gasteiger partial charge in [0.05, 0.1) is 0 Å². The minimum absolute atomic E-state index is 0.0365. The van der Waals surface area contributed by atoms with Gasteiger partial charge in [-0.3, -0.25) is 9.59 Å². The molecular formula is C19H18N2O2S. The van der Waals surface area contributed by atoms with Crippen LogP contribution in [0, 0.1) is 0 Å². The molecule has 0 spiro atoms. The van der Waals surface area contributed by atoms with E-state index in [1.165, 1.54) is 0 Å². The van der Waals surface area contributed by atoms with E-state index < -0.39 is 0 Å². The van der Waals surface area contributed by atoms with E-state index in [4.69, 9.17) is 0 Å². The van der Waals surface area contributed by atoms with Gasteiger partial charge >= 0.3 is 0 Å². The molecule has 2 aliphatic rings. The van der Waals surface area contributed by atoms with Gasteiger partial charge in [0, 0.05) is 12.3 Å². The van der Waals surface area contributed by atoms with Gasteiger partial charge in [-0.1, -0.05) is 60.7 Å². The Kier molecular flexibility index (Phi) is 4.02. The number of thioether (sulfide) groups is 1. The van der Waals surface area contributed by atoms with Gasteiger partial charge in [0.25, 0.3) is 0 Å². The van der Waals surface area contributed by atoms with Gasteiger partial charge in [0.2, 0.25) is 11.8 Å². The number of hydrogen-bond acceptors (Lipinski definition) is 3. The maximum absolute atomic E-state index is 12.9.